The molecule has 1 atom stereocenters. The summed E-state index contributed by atoms with van der Waals surface area (Å²) in [5.41, 5.74) is 4.63. The largest absolute Gasteiger partial charge is 0.476 e. The lowest BCUT2D eigenvalue weighted by Crippen LogP contribution is -2.45. The van der Waals surface area contributed by atoms with Crippen LogP contribution < -0.4 is 0 Å². The Morgan fingerprint density at radius 3 is 2.41 bits per heavy atom. The van der Waals surface area contributed by atoms with Gasteiger partial charge in [-0.1, -0.05) is 53.7 Å². The molecule has 1 aromatic heterocycles. The molecule has 1 aliphatic heterocycles. The van der Waals surface area contributed by atoms with Gasteiger partial charge in [-0.2, -0.15) is 0 Å². The lowest BCUT2D eigenvalue weighted by molar-refractivity contribution is 0.0685. The van der Waals surface area contributed by atoms with Crippen LogP contribution in [0.25, 0.3) is 11.1 Å². The van der Waals surface area contributed by atoms with Crippen LogP contribution in [0.5, 0.6) is 0 Å². The summed E-state index contributed by atoms with van der Waals surface area (Å²) in [6, 6.07) is 17.8. The van der Waals surface area contributed by atoms with Gasteiger partial charge in [0.05, 0.1) is 0 Å². The normalized spacial score (nSPS) is 17.6. The highest BCUT2D eigenvalue weighted by Crippen LogP contribution is 2.44. The highest BCUT2D eigenvalue weighted by molar-refractivity contribution is 5.85. The second-order valence-electron chi connectivity index (χ2n) is 8.33. The third-order valence-corrected chi connectivity index (χ3v) is 6.41. The zero-order valence-corrected chi connectivity index (χ0v) is 17.6. The molecule has 5 rings (SSSR count). The number of rotatable bonds is 5. The second kappa shape index (κ2) is 8.49. The Bertz CT molecular complexity index is 1110. The first-order valence-corrected chi connectivity index (χ1v) is 10.9. The number of hydrogen-bond donors (Lipinski definition) is 1. The van der Waals surface area contributed by atoms with Gasteiger partial charge in [-0.05, 0) is 41.5 Å². The van der Waals surface area contributed by atoms with Crippen molar-refractivity contribution < 1.29 is 24.0 Å². The van der Waals surface area contributed by atoms with Crippen LogP contribution in [0.1, 0.15) is 52.6 Å². The number of aromatic nitrogens is 1. The fourth-order valence-electron chi connectivity index (χ4n) is 4.87. The third kappa shape index (κ3) is 3.75. The number of hydrogen-bond acceptors (Lipinski definition) is 5. The van der Waals surface area contributed by atoms with E-state index in [2.05, 4.69) is 29.4 Å². The molecule has 2 aliphatic rings. The number of fused-ring (bicyclic) bond motifs is 3. The predicted octanol–water partition coefficient (Wildman–Crippen LogP) is 4.72. The van der Waals surface area contributed by atoms with Crippen LogP contribution in [0.4, 0.5) is 4.79 Å². The molecule has 1 amide bonds. The highest BCUT2D eigenvalue weighted by atomic mass is 16.6. The zero-order valence-electron chi connectivity index (χ0n) is 17.6. The average Bonchev–Trinajstić information content (AvgIpc) is 3.41. The van der Waals surface area contributed by atoms with Crippen LogP contribution in [0, 0.1) is 0 Å². The van der Waals surface area contributed by atoms with E-state index in [-0.39, 0.29) is 30.4 Å². The molecule has 0 radical (unpaired) electrons. The monoisotopic (exact) mass is 432 g/mol. The van der Waals surface area contributed by atoms with Crippen molar-refractivity contribution in [2.75, 3.05) is 13.2 Å². The molecule has 1 N–H and O–H groups in total. The number of benzene rings is 2. The van der Waals surface area contributed by atoms with Gasteiger partial charge in [0.25, 0.3) is 0 Å². The molecule has 0 spiro atoms. The lowest BCUT2D eigenvalue weighted by Gasteiger charge is -2.34. The van der Waals surface area contributed by atoms with E-state index in [1.54, 1.807) is 4.90 Å². The Morgan fingerprint density at radius 2 is 1.75 bits per heavy atom. The summed E-state index contributed by atoms with van der Waals surface area (Å²) >= 11 is 0. The molecule has 1 fully saturated rings. The number of carbonyl (C=O) groups excluding carboxylic acids is 1. The minimum absolute atomic E-state index is 0.0157. The summed E-state index contributed by atoms with van der Waals surface area (Å²) in [5, 5.41) is 12.6. The van der Waals surface area contributed by atoms with Gasteiger partial charge in [-0.3, -0.25) is 0 Å². The number of ether oxygens (including phenoxy) is 1. The first-order chi connectivity index (χ1) is 15.6. The van der Waals surface area contributed by atoms with Crippen molar-refractivity contribution in [1.29, 1.82) is 0 Å². The van der Waals surface area contributed by atoms with Crippen molar-refractivity contribution in [3.63, 3.8) is 0 Å². The Balaban J connectivity index is 1.29. The molecule has 0 bridgehead atoms. The Kier molecular flexibility index (Phi) is 5.39. The van der Waals surface area contributed by atoms with Crippen molar-refractivity contribution in [3.8, 4) is 11.1 Å². The van der Waals surface area contributed by atoms with Gasteiger partial charge < -0.3 is 19.3 Å². The maximum atomic E-state index is 13.1. The number of carbonyl (C=O) groups is 2. The summed E-state index contributed by atoms with van der Waals surface area (Å²) in [4.78, 5) is 25.9. The van der Waals surface area contributed by atoms with Crippen molar-refractivity contribution in [3.05, 3.63) is 77.2 Å². The first-order valence-electron chi connectivity index (χ1n) is 10.9. The van der Waals surface area contributed by atoms with Gasteiger partial charge in [-0.15, -0.1) is 0 Å². The summed E-state index contributed by atoms with van der Waals surface area (Å²) in [6.45, 7) is 0.892. The van der Waals surface area contributed by atoms with Gasteiger partial charge >= 0.3 is 12.1 Å². The molecule has 2 aromatic carbocycles. The molecule has 7 nitrogen and oxygen atoms in total. The fraction of sp³-hybridized carbons (Fsp3) is 0.320. The van der Waals surface area contributed by atoms with Gasteiger partial charge in [0, 0.05) is 31.0 Å². The van der Waals surface area contributed by atoms with E-state index in [0.717, 1.165) is 19.3 Å². The van der Waals surface area contributed by atoms with Crippen LogP contribution >= 0.6 is 0 Å². The number of carboxylic acids is 1. The summed E-state index contributed by atoms with van der Waals surface area (Å²) < 4.78 is 11.0. The fourth-order valence-corrected chi connectivity index (χ4v) is 4.87. The smallest absolute Gasteiger partial charge is 0.410 e. The maximum Gasteiger partial charge on any atom is 0.410 e. The average molecular weight is 432 g/mol. The molecule has 3 aromatic rings. The summed E-state index contributed by atoms with van der Waals surface area (Å²) in [5.74, 6) is -0.648. The number of likely N-dealkylation sites (tertiary alicyclic amines) is 1. The van der Waals surface area contributed by atoms with E-state index in [1.165, 1.54) is 28.3 Å². The molecule has 7 heteroatoms. The van der Waals surface area contributed by atoms with Crippen LogP contribution in [-0.2, 0) is 11.2 Å². The summed E-state index contributed by atoms with van der Waals surface area (Å²) in [6.07, 6.45) is 2.81. The molecular weight excluding hydrogens is 408 g/mol. The van der Waals surface area contributed by atoms with Gasteiger partial charge in [0.2, 0.25) is 0 Å². The topological polar surface area (TPSA) is 92.9 Å². The number of piperidine rings is 1. The third-order valence-electron chi connectivity index (χ3n) is 6.41. The standard InChI is InChI=1S/C25H24N2O5/c28-24(29)23-14-17(32-26-23)13-16-7-5-6-12-27(16)25(30)31-15-22-20-10-3-1-8-18(20)19-9-2-4-11-21(19)22/h1-4,8-11,14,16,22H,5-7,12-13,15H2,(H,28,29). The van der Waals surface area contributed by atoms with Crippen LogP contribution in [0.2, 0.25) is 0 Å². The lowest BCUT2D eigenvalue weighted by atomic mass is 9.98. The van der Waals surface area contributed by atoms with E-state index in [0.29, 0.717) is 18.7 Å². The number of amides is 1. The van der Waals surface area contributed by atoms with E-state index >= 15 is 0 Å². The Labute approximate surface area is 185 Å². The SMILES string of the molecule is O=C(O)c1cc(CC2CCCCN2C(=O)OCC2c3ccccc3-c3ccccc32)on1. The quantitative estimate of drug-likeness (QED) is 0.627. The minimum atomic E-state index is -1.13. The molecule has 1 unspecified atom stereocenters. The minimum Gasteiger partial charge on any atom is -0.476 e. The highest BCUT2D eigenvalue weighted by Gasteiger charge is 2.32. The van der Waals surface area contributed by atoms with Crippen molar-refractivity contribution in [1.82, 2.24) is 10.1 Å². The Hall–Kier alpha value is -3.61. The van der Waals surface area contributed by atoms with Gasteiger partial charge in [-0.25, -0.2) is 9.59 Å². The van der Waals surface area contributed by atoms with Gasteiger partial charge in [0.15, 0.2) is 5.69 Å². The molecule has 1 saturated heterocycles. The number of aromatic carboxylic acids is 1. The molecule has 0 saturated carbocycles. The predicted molar refractivity (Wildman–Crippen MR) is 117 cm³/mol. The van der Waals surface area contributed by atoms with Crippen molar-refractivity contribution in [2.45, 2.75) is 37.6 Å². The van der Waals surface area contributed by atoms with Crippen LogP contribution in [0.15, 0.2) is 59.1 Å². The molecule has 164 valence electrons. The van der Waals surface area contributed by atoms with Crippen LogP contribution in [-0.4, -0.2) is 46.4 Å². The van der Waals surface area contributed by atoms with E-state index in [9.17, 15) is 9.59 Å². The van der Waals surface area contributed by atoms with E-state index in [4.69, 9.17) is 14.4 Å². The summed E-state index contributed by atoms with van der Waals surface area (Å²) in [7, 11) is 0. The molecular formula is C25H24N2O5. The van der Waals surface area contributed by atoms with Crippen LogP contribution in [0.3, 0.4) is 0 Å². The second-order valence-corrected chi connectivity index (χ2v) is 8.33. The number of carboxylic acid groups (broad SMARTS) is 1. The molecule has 32 heavy (non-hydrogen) atoms. The molecule has 1 aliphatic carbocycles. The molecule has 2 heterocycles. The van der Waals surface area contributed by atoms with Gasteiger partial charge in [0.1, 0.15) is 12.4 Å². The Morgan fingerprint density at radius 1 is 1.06 bits per heavy atom. The first kappa shape index (κ1) is 20.3. The van der Waals surface area contributed by atoms with Crippen molar-refractivity contribution in [2.24, 2.45) is 0 Å². The maximum absolute atomic E-state index is 13.1. The zero-order chi connectivity index (χ0) is 22.1. The number of nitrogens with zero attached hydrogens (tertiary/aromatic N) is 2. The van der Waals surface area contributed by atoms with E-state index < -0.39 is 5.97 Å². The van der Waals surface area contributed by atoms with E-state index in [1.807, 2.05) is 24.3 Å². The van der Waals surface area contributed by atoms with Crippen molar-refractivity contribution >= 4 is 12.1 Å².